The second-order valence-corrected chi connectivity index (χ2v) is 5.87. The van der Waals surface area contributed by atoms with Gasteiger partial charge in [0.25, 0.3) is 0 Å². The van der Waals surface area contributed by atoms with Gasteiger partial charge in [0.05, 0.1) is 0 Å². The molecule has 19 heavy (non-hydrogen) atoms. The van der Waals surface area contributed by atoms with Crippen LogP contribution in [0.25, 0.3) is 10.8 Å². The first-order chi connectivity index (χ1) is 9.10. The maximum absolute atomic E-state index is 11.8. The van der Waals surface area contributed by atoms with Gasteiger partial charge < -0.3 is 9.84 Å². The molecule has 0 aromatic heterocycles. The van der Waals surface area contributed by atoms with Crippen LogP contribution in [0.1, 0.15) is 19.8 Å². The molecule has 0 amide bonds. The first-order valence-corrected chi connectivity index (χ1v) is 7.43. The molecule has 1 atom stereocenters. The van der Waals surface area contributed by atoms with Gasteiger partial charge in [-0.3, -0.25) is 4.79 Å². The summed E-state index contributed by atoms with van der Waals surface area (Å²) in [6, 6.07) is 10.5. The number of hydrogen-bond donors (Lipinski definition) is 1. The van der Waals surface area contributed by atoms with Crippen molar-refractivity contribution in [3.8, 4) is 11.5 Å². The highest BCUT2D eigenvalue weighted by atomic mass is 127. The zero-order chi connectivity index (χ0) is 13.8. The van der Waals surface area contributed by atoms with E-state index in [1.54, 1.807) is 24.3 Å². The Morgan fingerprint density at radius 1 is 1.26 bits per heavy atom. The molecule has 0 aliphatic carbocycles. The van der Waals surface area contributed by atoms with Crippen molar-refractivity contribution in [2.75, 3.05) is 0 Å². The van der Waals surface area contributed by atoms with Crippen molar-refractivity contribution in [2.45, 2.75) is 23.7 Å². The molecule has 0 bridgehead atoms. The highest BCUT2D eigenvalue weighted by molar-refractivity contribution is 14.1. The third-order valence-electron chi connectivity index (χ3n) is 2.81. The third kappa shape index (κ3) is 3.59. The molecule has 0 saturated carbocycles. The van der Waals surface area contributed by atoms with Gasteiger partial charge in [0.2, 0.25) is 0 Å². The van der Waals surface area contributed by atoms with E-state index in [1.165, 1.54) is 0 Å². The average molecular weight is 370 g/mol. The fourth-order valence-corrected chi connectivity index (χ4v) is 2.58. The summed E-state index contributed by atoms with van der Waals surface area (Å²) in [5, 5.41) is 11.2. The van der Waals surface area contributed by atoms with E-state index in [1.807, 2.05) is 19.1 Å². The van der Waals surface area contributed by atoms with Crippen molar-refractivity contribution in [3.05, 3.63) is 36.4 Å². The largest absolute Gasteiger partial charge is 0.508 e. The van der Waals surface area contributed by atoms with E-state index in [0.717, 1.165) is 23.6 Å². The summed E-state index contributed by atoms with van der Waals surface area (Å²) in [7, 11) is 0. The lowest BCUT2D eigenvalue weighted by Gasteiger charge is -2.09. The Labute approximate surface area is 125 Å². The van der Waals surface area contributed by atoms with Crippen LogP contribution < -0.4 is 4.74 Å². The number of phenols is 1. The van der Waals surface area contributed by atoms with Crippen molar-refractivity contribution in [1.82, 2.24) is 0 Å². The lowest BCUT2D eigenvalue weighted by molar-refractivity contribution is -0.133. The number of halogens is 1. The minimum Gasteiger partial charge on any atom is -0.508 e. The van der Waals surface area contributed by atoms with Crippen molar-refractivity contribution in [3.63, 3.8) is 0 Å². The number of aromatic hydroxyl groups is 1. The van der Waals surface area contributed by atoms with Crippen LogP contribution in [0.2, 0.25) is 0 Å². The van der Waals surface area contributed by atoms with E-state index in [2.05, 4.69) is 22.6 Å². The Morgan fingerprint density at radius 3 is 2.68 bits per heavy atom. The summed E-state index contributed by atoms with van der Waals surface area (Å²) < 4.78 is 5.25. The van der Waals surface area contributed by atoms with Crippen molar-refractivity contribution >= 4 is 39.3 Å². The molecule has 4 heteroatoms. The molecule has 0 aliphatic heterocycles. The molecule has 2 aromatic rings. The number of benzene rings is 2. The number of fused-ring (bicyclic) bond motifs is 1. The van der Waals surface area contributed by atoms with Crippen LogP contribution in [0.3, 0.4) is 0 Å². The Kier molecular flexibility index (Phi) is 4.63. The van der Waals surface area contributed by atoms with E-state index >= 15 is 0 Å². The first kappa shape index (κ1) is 14.1. The van der Waals surface area contributed by atoms with Crippen LogP contribution in [0.4, 0.5) is 0 Å². The standard InChI is InChI=1S/C15H15IO3/c1-2-3-14(16)15(18)19-13-7-5-10-8-12(17)6-4-11(10)9-13/h4-9,14,17H,2-3H2,1H3. The highest BCUT2D eigenvalue weighted by Crippen LogP contribution is 2.25. The number of carbonyl (C=O) groups excluding carboxylic acids is 1. The number of rotatable bonds is 4. The number of esters is 1. The zero-order valence-corrected chi connectivity index (χ0v) is 12.8. The number of alkyl halides is 1. The molecule has 0 heterocycles. The predicted octanol–water partition coefficient (Wildman–Crippen LogP) is 4.05. The fourth-order valence-electron chi connectivity index (χ4n) is 1.83. The zero-order valence-electron chi connectivity index (χ0n) is 10.6. The molecule has 3 nitrogen and oxygen atoms in total. The SMILES string of the molecule is CCCC(I)C(=O)Oc1ccc2cc(O)ccc2c1. The molecule has 2 aromatic carbocycles. The predicted molar refractivity (Wildman–Crippen MR) is 84.0 cm³/mol. The lowest BCUT2D eigenvalue weighted by Crippen LogP contribution is -2.19. The maximum atomic E-state index is 11.8. The minimum absolute atomic E-state index is 0.113. The van der Waals surface area contributed by atoms with Crippen LogP contribution in [0.15, 0.2) is 36.4 Å². The number of hydrogen-bond acceptors (Lipinski definition) is 3. The van der Waals surface area contributed by atoms with Gasteiger partial charge in [-0.1, -0.05) is 48.1 Å². The van der Waals surface area contributed by atoms with Gasteiger partial charge in [0.1, 0.15) is 15.4 Å². The minimum atomic E-state index is -0.208. The lowest BCUT2D eigenvalue weighted by atomic mass is 10.1. The maximum Gasteiger partial charge on any atom is 0.324 e. The van der Waals surface area contributed by atoms with E-state index < -0.39 is 0 Å². The summed E-state index contributed by atoms with van der Waals surface area (Å²) in [4.78, 5) is 11.8. The molecular weight excluding hydrogens is 355 g/mol. The molecule has 1 unspecified atom stereocenters. The summed E-state index contributed by atoms with van der Waals surface area (Å²) in [5.74, 6) is 0.564. The van der Waals surface area contributed by atoms with Gasteiger partial charge in [-0.15, -0.1) is 0 Å². The summed E-state index contributed by atoms with van der Waals surface area (Å²) in [5.41, 5.74) is 0. The average Bonchev–Trinajstić information content (AvgIpc) is 2.39. The molecule has 0 radical (unpaired) electrons. The monoisotopic (exact) mass is 370 g/mol. The van der Waals surface area contributed by atoms with Gasteiger partial charge in [-0.25, -0.2) is 0 Å². The Morgan fingerprint density at radius 2 is 1.95 bits per heavy atom. The Bertz CT molecular complexity index is 595. The van der Waals surface area contributed by atoms with Crippen molar-refractivity contribution in [1.29, 1.82) is 0 Å². The van der Waals surface area contributed by atoms with Gasteiger partial charge >= 0.3 is 5.97 Å². The smallest absolute Gasteiger partial charge is 0.324 e. The molecule has 0 saturated heterocycles. The van der Waals surface area contributed by atoms with E-state index in [-0.39, 0.29) is 15.6 Å². The quantitative estimate of drug-likeness (QED) is 0.382. The van der Waals surface area contributed by atoms with Gasteiger partial charge in [-0.05, 0) is 41.5 Å². The molecule has 1 N–H and O–H groups in total. The molecule has 0 spiro atoms. The molecule has 2 rings (SSSR count). The van der Waals surface area contributed by atoms with E-state index in [0.29, 0.717) is 5.75 Å². The van der Waals surface area contributed by atoms with Crippen LogP contribution >= 0.6 is 22.6 Å². The van der Waals surface area contributed by atoms with Crippen LogP contribution in [-0.2, 0) is 4.79 Å². The Hall–Kier alpha value is -1.30. The second-order valence-electron chi connectivity index (χ2n) is 4.37. The fraction of sp³-hybridized carbons (Fsp3) is 0.267. The first-order valence-electron chi connectivity index (χ1n) is 6.18. The summed E-state index contributed by atoms with van der Waals surface area (Å²) in [6.07, 6.45) is 1.78. The summed E-state index contributed by atoms with van der Waals surface area (Å²) in [6.45, 7) is 2.04. The highest BCUT2D eigenvalue weighted by Gasteiger charge is 2.16. The normalized spacial score (nSPS) is 12.3. The Balaban J connectivity index is 2.17. The molecule has 100 valence electrons. The molecule has 0 aliphatic rings. The van der Waals surface area contributed by atoms with Crippen LogP contribution in [-0.4, -0.2) is 15.0 Å². The topological polar surface area (TPSA) is 46.5 Å². The van der Waals surface area contributed by atoms with Gasteiger partial charge in [0, 0.05) is 0 Å². The third-order valence-corrected chi connectivity index (χ3v) is 3.94. The van der Waals surface area contributed by atoms with Gasteiger partial charge in [-0.2, -0.15) is 0 Å². The number of carbonyl (C=O) groups is 1. The number of ether oxygens (including phenoxy) is 1. The number of phenolic OH excluding ortho intramolecular Hbond substituents is 1. The van der Waals surface area contributed by atoms with Crippen LogP contribution in [0, 0.1) is 0 Å². The molecular formula is C15H15IO3. The molecule has 0 fully saturated rings. The van der Waals surface area contributed by atoms with Gasteiger partial charge in [0.15, 0.2) is 0 Å². The van der Waals surface area contributed by atoms with E-state index in [4.69, 9.17) is 4.74 Å². The van der Waals surface area contributed by atoms with Crippen molar-refractivity contribution in [2.24, 2.45) is 0 Å². The second kappa shape index (κ2) is 6.23. The van der Waals surface area contributed by atoms with Crippen LogP contribution in [0.5, 0.6) is 11.5 Å². The van der Waals surface area contributed by atoms with E-state index in [9.17, 15) is 9.90 Å². The summed E-state index contributed by atoms with van der Waals surface area (Å²) >= 11 is 2.11. The van der Waals surface area contributed by atoms with Crippen molar-refractivity contribution < 1.29 is 14.6 Å².